The Bertz CT molecular complexity index is 777. The zero-order valence-corrected chi connectivity index (χ0v) is 39.7. The second kappa shape index (κ2) is 49.0. The van der Waals surface area contributed by atoms with E-state index < -0.39 is 24.2 Å². The van der Waals surface area contributed by atoms with Gasteiger partial charge in [0.1, 0.15) is 6.10 Å². The molecular weight excluding hydrogens is 715 g/mol. The largest absolute Gasteiger partial charge is 0.394 e. The van der Waals surface area contributed by atoms with Crippen LogP contribution in [0.3, 0.4) is 0 Å². The van der Waals surface area contributed by atoms with Crippen LogP contribution in [0.15, 0.2) is 0 Å². The number of hydrogen-bond donors (Lipinski definition) is 4. The van der Waals surface area contributed by atoms with E-state index in [1.54, 1.807) is 0 Å². The number of nitrogens with one attached hydrogen (secondary N) is 1. The second-order valence-electron chi connectivity index (χ2n) is 18.8. The molecule has 4 N–H and O–H groups in total. The normalized spacial score (nSPS) is 13.3. The van der Waals surface area contributed by atoms with Gasteiger partial charge in [-0.25, -0.2) is 0 Å². The first-order valence-electron chi connectivity index (χ1n) is 26.8. The average Bonchev–Trinajstić information content (AvgIpc) is 3.23. The maximum atomic E-state index is 12.6. The highest BCUT2D eigenvalue weighted by molar-refractivity contribution is 5.80. The van der Waals surface area contributed by atoms with E-state index in [9.17, 15) is 20.1 Å². The van der Waals surface area contributed by atoms with E-state index in [4.69, 9.17) is 0 Å². The first kappa shape index (κ1) is 57.3. The molecule has 0 aromatic heterocycles. The van der Waals surface area contributed by atoms with Gasteiger partial charge in [0.15, 0.2) is 0 Å². The zero-order valence-electron chi connectivity index (χ0n) is 39.7. The van der Waals surface area contributed by atoms with Crippen molar-refractivity contribution in [1.82, 2.24) is 5.32 Å². The molecule has 58 heavy (non-hydrogen) atoms. The van der Waals surface area contributed by atoms with Crippen molar-refractivity contribution in [3.8, 4) is 0 Å². The van der Waals surface area contributed by atoms with Crippen LogP contribution in [0.2, 0.25) is 0 Å². The molecule has 0 aromatic carbocycles. The van der Waals surface area contributed by atoms with E-state index in [2.05, 4.69) is 19.2 Å². The van der Waals surface area contributed by atoms with Gasteiger partial charge in [0.2, 0.25) is 5.91 Å². The van der Waals surface area contributed by atoms with Gasteiger partial charge in [-0.05, 0) is 12.8 Å². The monoisotopic (exact) mass is 822 g/mol. The molecule has 0 spiro atoms. The van der Waals surface area contributed by atoms with Crippen LogP contribution in [0.25, 0.3) is 0 Å². The molecule has 3 atom stereocenters. The molecule has 0 aliphatic carbocycles. The molecular formula is C53H107NO4. The fraction of sp³-hybridized carbons (Fsp3) is 0.981. The summed E-state index contributed by atoms with van der Waals surface area (Å²) in [5.41, 5.74) is 0. The van der Waals surface area contributed by atoms with Crippen molar-refractivity contribution < 1.29 is 20.1 Å². The average molecular weight is 822 g/mol. The van der Waals surface area contributed by atoms with Crippen LogP contribution in [-0.2, 0) is 4.79 Å². The van der Waals surface area contributed by atoms with Crippen LogP contribution >= 0.6 is 0 Å². The highest BCUT2D eigenvalue weighted by Gasteiger charge is 2.23. The molecule has 1 amide bonds. The molecule has 5 heteroatoms. The summed E-state index contributed by atoms with van der Waals surface area (Å²) in [6.45, 7) is 4.27. The summed E-state index contributed by atoms with van der Waals surface area (Å²) in [5, 5.41) is 33.5. The number of unbranched alkanes of at least 4 members (excludes halogenated alkanes) is 42. The van der Waals surface area contributed by atoms with Crippen LogP contribution in [0.1, 0.15) is 309 Å². The first-order valence-corrected chi connectivity index (χ1v) is 26.8. The standard InChI is InChI=1S/C53H107NO4/c1-3-5-7-9-11-13-15-17-19-21-23-25-26-28-30-32-34-36-38-40-42-44-46-48-52(57)53(58)54-50(49-55)51(56)47-45-43-41-39-37-35-33-31-29-27-24-22-20-18-16-14-12-10-8-6-4-2/h50-52,55-57H,3-49H2,1-2H3,(H,54,58). The van der Waals surface area contributed by atoms with E-state index in [1.807, 2.05) is 0 Å². The summed E-state index contributed by atoms with van der Waals surface area (Å²) in [6, 6.07) is -0.707. The zero-order chi connectivity index (χ0) is 42.3. The van der Waals surface area contributed by atoms with Crippen molar-refractivity contribution in [3.63, 3.8) is 0 Å². The molecule has 0 aliphatic rings. The third kappa shape index (κ3) is 43.4. The molecule has 5 nitrogen and oxygen atoms in total. The van der Waals surface area contributed by atoms with Gasteiger partial charge in [0.05, 0.1) is 18.8 Å². The third-order valence-corrected chi connectivity index (χ3v) is 13.0. The van der Waals surface area contributed by atoms with E-state index in [-0.39, 0.29) is 6.61 Å². The number of hydrogen-bond acceptors (Lipinski definition) is 4. The van der Waals surface area contributed by atoms with E-state index in [0.29, 0.717) is 12.8 Å². The minimum absolute atomic E-state index is 0.307. The van der Waals surface area contributed by atoms with Crippen molar-refractivity contribution in [2.75, 3.05) is 6.61 Å². The van der Waals surface area contributed by atoms with E-state index >= 15 is 0 Å². The molecule has 0 radical (unpaired) electrons. The predicted octanol–water partition coefficient (Wildman–Crippen LogP) is 16.2. The van der Waals surface area contributed by atoms with Crippen molar-refractivity contribution in [3.05, 3.63) is 0 Å². The Labute approximate surface area is 364 Å². The van der Waals surface area contributed by atoms with Crippen LogP contribution in [0, 0.1) is 0 Å². The number of aliphatic hydroxyl groups is 3. The lowest BCUT2D eigenvalue weighted by atomic mass is 10.0. The minimum Gasteiger partial charge on any atom is -0.394 e. The summed E-state index contributed by atoms with van der Waals surface area (Å²) < 4.78 is 0. The summed E-state index contributed by atoms with van der Waals surface area (Å²) in [7, 11) is 0. The maximum absolute atomic E-state index is 12.6. The lowest BCUT2D eigenvalue weighted by Crippen LogP contribution is -2.49. The minimum atomic E-state index is -1.07. The van der Waals surface area contributed by atoms with Gasteiger partial charge in [-0.15, -0.1) is 0 Å². The van der Waals surface area contributed by atoms with Crippen LogP contribution in [0.4, 0.5) is 0 Å². The Morgan fingerprint density at radius 2 is 0.552 bits per heavy atom. The van der Waals surface area contributed by atoms with Crippen molar-refractivity contribution in [2.24, 2.45) is 0 Å². The summed E-state index contributed by atoms with van der Waals surface area (Å²) in [5.74, 6) is -0.462. The van der Waals surface area contributed by atoms with Crippen molar-refractivity contribution in [1.29, 1.82) is 0 Å². The number of rotatable bonds is 50. The van der Waals surface area contributed by atoms with Gasteiger partial charge in [-0.2, -0.15) is 0 Å². The molecule has 0 saturated carbocycles. The molecule has 0 heterocycles. The number of carbonyl (C=O) groups excluding carboxylic acids is 1. The molecule has 0 fully saturated rings. The fourth-order valence-electron chi connectivity index (χ4n) is 8.78. The molecule has 0 aliphatic heterocycles. The molecule has 0 saturated heterocycles. The fourth-order valence-corrected chi connectivity index (χ4v) is 8.78. The summed E-state index contributed by atoms with van der Waals surface area (Å²) in [6.07, 6.45) is 58.5. The number of carbonyl (C=O) groups is 1. The molecule has 348 valence electrons. The van der Waals surface area contributed by atoms with Crippen LogP contribution < -0.4 is 5.32 Å². The van der Waals surface area contributed by atoms with Gasteiger partial charge in [0, 0.05) is 0 Å². The predicted molar refractivity (Wildman–Crippen MR) is 255 cm³/mol. The quantitative estimate of drug-likeness (QED) is 0.0460. The lowest BCUT2D eigenvalue weighted by Gasteiger charge is -2.23. The van der Waals surface area contributed by atoms with Gasteiger partial charge in [-0.3, -0.25) is 4.79 Å². The maximum Gasteiger partial charge on any atom is 0.249 e. The SMILES string of the molecule is CCCCCCCCCCCCCCCCCCCCCCCCCC(O)C(=O)NC(CO)C(O)CCCCCCCCCCCCCCCCCCCCCCC. The summed E-state index contributed by atoms with van der Waals surface area (Å²) in [4.78, 5) is 12.6. The smallest absolute Gasteiger partial charge is 0.249 e. The molecule has 0 rings (SSSR count). The van der Waals surface area contributed by atoms with Crippen molar-refractivity contribution in [2.45, 2.75) is 327 Å². The van der Waals surface area contributed by atoms with E-state index in [1.165, 1.54) is 250 Å². The molecule has 3 unspecified atom stereocenters. The van der Waals surface area contributed by atoms with Crippen LogP contribution in [-0.4, -0.2) is 46.1 Å². The second-order valence-corrected chi connectivity index (χ2v) is 18.8. The Morgan fingerprint density at radius 1 is 0.345 bits per heavy atom. The Kier molecular flexibility index (Phi) is 48.5. The Hall–Kier alpha value is -0.650. The van der Waals surface area contributed by atoms with Gasteiger partial charge < -0.3 is 20.6 Å². The molecule has 0 bridgehead atoms. The highest BCUT2D eigenvalue weighted by Crippen LogP contribution is 2.18. The summed E-state index contributed by atoms with van der Waals surface area (Å²) >= 11 is 0. The molecule has 0 aromatic rings. The van der Waals surface area contributed by atoms with Gasteiger partial charge in [-0.1, -0.05) is 296 Å². The van der Waals surface area contributed by atoms with Crippen molar-refractivity contribution >= 4 is 5.91 Å². The highest BCUT2D eigenvalue weighted by atomic mass is 16.3. The Morgan fingerprint density at radius 3 is 0.776 bits per heavy atom. The Balaban J connectivity index is 3.51. The lowest BCUT2D eigenvalue weighted by molar-refractivity contribution is -0.131. The number of amides is 1. The van der Waals surface area contributed by atoms with Gasteiger partial charge in [0.25, 0.3) is 0 Å². The van der Waals surface area contributed by atoms with E-state index in [0.717, 1.165) is 32.1 Å². The van der Waals surface area contributed by atoms with Gasteiger partial charge >= 0.3 is 0 Å². The van der Waals surface area contributed by atoms with Crippen LogP contribution in [0.5, 0.6) is 0 Å². The third-order valence-electron chi connectivity index (χ3n) is 13.0. The first-order chi connectivity index (χ1) is 28.6. The topological polar surface area (TPSA) is 89.8 Å². The number of aliphatic hydroxyl groups excluding tert-OH is 3.